The summed E-state index contributed by atoms with van der Waals surface area (Å²) < 4.78 is 10.7. The summed E-state index contributed by atoms with van der Waals surface area (Å²) in [6, 6.07) is 2.98. The van der Waals surface area contributed by atoms with Crippen LogP contribution in [0, 0.1) is 0 Å². The van der Waals surface area contributed by atoms with Crippen LogP contribution in [0.15, 0.2) is 0 Å². The zero-order valence-electron chi connectivity index (χ0n) is 9.08. The quantitative estimate of drug-likeness (QED) is 0.515. The third kappa shape index (κ3) is 3.08. The Balaban J connectivity index is 2.38. The van der Waals surface area contributed by atoms with E-state index in [1.54, 1.807) is 14.2 Å². The van der Waals surface area contributed by atoms with Gasteiger partial charge in [-0.25, -0.2) is 0 Å². The van der Waals surface area contributed by atoms with E-state index in [0.29, 0.717) is 5.54 Å². The second-order valence-corrected chi connectivity index (χ2v) is 7.82. The van der Waals surface area contributed by atoms with Crippen molar-refractivity contribution in [2.24, 2.45) is 0 Å². The van der Waals surface area contributed by atoms with E-state index in [9.17, 15) is 0 Å². The Morgan fingerprint density at radius 3 is 2.00 bits per heavy atom. The summed E-state index contributed by atoms with van der Waals surface area (Å²) in [5.41, 5.74) is 0.676. The standard InChI is InChI=1S/C10H22O2Si/c1-9(10(11-2)12-3)13-7-5-4-6-8-13/h9-10,13H,4-8H2,1-3H3. The normalized spacial score (nSPS) is 22.2. The number of hydrogen-bond acceptors (Lipinski definition) is 2. The Morgan fingerprint density at radius 1 is 1.00 bits per heavy atom. The van der Waals surface area contributed by atoms with Crippen LogP contribution in [0.25, 0.3) is 0 Å². The highest BCUT2D eigenvalue weighted by Gasteiger charge is 2.27. The molecule has 1 aliphatic rings. The zero-order chi connectivity index (χ0) is 9.68. The highest BCUT2D eigenvalue weighted by Crippen LogP contribution is 2.30. The molecule has 0 N–H and O–H groups in total. The van der Waals surface area contributed by atoms with Gasteiger partial charge in [-0.1, -0.05) is 38.3 Å². The van der Waals surface area contributed by atoms with Crippen molar-refractivity contribution in [3.63, 3.8) is 0 Å². The van der Waals surface area contributed by atoms with E-state index in [0.717, 1.165) is 0 Å². The molecule has 1 unspecified atom stereocenters. The van der Waals surface area contributed by atoms with Crippen molar-refractivity contribution in [1.29, 1.82) is 0 Å². The Labute approximate surface area is 83.2 Å². The van der Waals surface area contributed by atoms with Crippen molar-refractivity contribution in [2.45, 2.75) is 50.1 Å². The van der Waals surface area contributed by atoms with Crippen LogP contribution in [0.4, 0.5) is 0 Å². The average Bonchev–Trinajstić information content (AvgIpc) is 2.21. The van der Waals surface area contributed by atoms with Crippen molar-refractivity contribution >= 4 is 8.80 Å². The molecule has 0 radical (unpaired) electrons. The molecule has 0 aromatic rings. The van der Waals surface area contributed by atoms with Crippen molar-refractivity contribution in [1.82, 2.24) is 0 Å². The minimum Gasteiger partial charge on any atom is -0.356 e. The lowest BCUT2D eigenvalue weighted by molar-refractivity contribution is -0.103. The molecule has 0 aliphatic carbocycles. The van der Waals surface area contributed by atoms with Gasteiger partial charge in [0.15, 0.2) is 6.29 Å². The van der Waals surface area contributed by atoms with Gasteiger partial charge >= 0.3 is 0 Å². The summed E-state index contributed by atoms with van der Waals surface area (Å²) in [6.45, 7) is 2.31. The summed E-state index contributed by atoms with van der Waals surface area (Å²) in [4.78, 5) is 0. The summed E-state index contributed by atoms with van der Waals surface area (Å²) >= 11 is 0. The van der Waals surface area contributed by atoms with E-state index in [4.69, 9.17) is 9.47 Å². The summed E-state index contributed by atoms with van der Waals surface area (Å²) in [5.74, 6) is 0. The van der Waals surface area contributed by atoms with Crippen LogP contribution in [0.3, 0.4) is 0 Å². The lowest BCUT2D eigenvalue weighted by Gasteiger charge is -2.30. The molecule has 3 heteroatoms. The van der Waals surface area contributed by atoms with Crippen LogP contribution < -0.4 is 0 Å². The predicted molar refractivity (Wildman–Crippen MR) is 57.8 cm³/mol. The molecule has 1 fully saturated rings. The first-order valence-corrected chi connectivity index (χ1v) is 7.65. The van der Waals surface area contributed by atoms with Gasteiger partial charge in [0, 0.05) is 23.0 Å². The van der Waals surface area contributed by atoms with Gasteiger partial charge in [-0.2, -0.15) is 0 Å². The number of rotatable bonds is 4. The third-order valence-electron chi connectivity index (χ3n) is 3.29. The van der Waals surface area contributed by atoms with Crippen molar-refractivity contribution < 1.29 is 9.47 Å². The Kier molecular flexibility index (Phi) is 4.99. The van der Waals surface area contributed by atoms with Crippen molar-refractivity contribution in [3.05, 3.63) is 0 Å². The molecule has 0 aromatic heterocycles. The first-order valence-electron chi connectivity index (χ1n) is 5.35. The molecule has 13 heavy (non-hydrogen) atoms. The SMILES string of the molecule is COC(OC)C(C)[SiH]1CCCCC1. The van der Waals surface area contributed by atoms with E-state index in [-0.39, 0.29) is 6.29 Å². The largest absolute Gasteiger partial charge is 0.356 e. The molecule has 1 rings (SSSR count). The molecule has 0 aromatic carbocycles. The highest BCUT2D eigenvalue weighted by molar-refractivity contribution is 6.60. The first-order chi connectivity index (χ1) is 6.29. The molecule has 1 saturated heterocycles. The van der Waals surface area contributed by atoms with Gasteiger partial charge < -0.3 is 9.47 Å². The number of methoxy groups -OCH3 is 2. The van der Waals surface area contributed by atoms with E-state index < -0.39 is 8.80 Å². The van der Waals surface area contributed by atoms with Gasteiger partial charge in [0.25, 0.3) is 0 Å². The topological polar surface area (TPSA) is 18.5 Å². The second-order valence-electron chi connectivity index (χ2n) is 4.10. The molecule has 0 amide bonds. The van der Waals surface area contributed by atoms with Gasteiger partial charge in [-0.15, -0.1) is 0 Å². The van der Waals surface area contributed by atoms with Crippen LogP contribution in [0.2, 0.25) is 17.6 Å². The maximum atomic E-state index is 5.33. The molecule has 1 atom stereocenters. The summed E-state index contributed by atoms with van der Waals surface area (Å²) in [5, 5.41) is 0. The molecule has 0 spiro atoms. The minimum absolute atomic E-state index is 0.0507. The molecule has 78 valence electrons. The van der Waals surface area contributed by atoms with Gasteiger partial charge in [-0.3, -0.25) is 0 Å². The van der Waals surface area contributed by atoms with Crippen molar-refractivity contribution in [2.75, 3.05) is 14.2 Å². The maximum Gasteiger partial charge on any atom is 0.156 e. The van der Waals surface area contributed by atoms with E-state index in [2.05, 4.69) is 6.92 Å². The van der Waals surface area contributed by atoms with Crippen LogP contribution in [0.1, 0.15) is 26.2 Å². The van der Waals surface area contributed by atoms with Crippen LogP contribution in [0.5, 0.6) is 0 Å². The maximum absolute atomic E-state index is 5.33. The fourth-order valence-corrected chi connectivity index (χ4v) is 6.13. The van der Waals surface area contributed by atoms with Crippen molar-refractivity contribution in [3.8, 4) is 0 Å². The fraction of sp³-hybridized carbons (Fsp3) is 1.00. The monoisotopic (exact) mass is 202 g/mol. The van der Waals surface area contributed by atoms with Gasteiger partial charge in [0.2, 0.25) is 0 Å². The summed E-state index contributed by atoms with van der Waals surface area (Å²) in [7, 11) is 2.94. The van der Waals surface area contributed by atoms with Crippen LogP contribution in [-0.2, 0) is 9.47 Å². The Hall–Kier alpha value is 0.137. The third-order valence-corrected chi connectivity index (χ3v) is 7.39. The predicted octanol–water partition coefficient (Wildman–Crippen LogP) is 2.41. The molecule has 1 heterocycles. The van der Waals surface area contributed by atoms with Gasteiger partial charge in [0.1, 0.15) is 0 Å². The lowest BCUT2D eigenvalue weighted by Crippen LogP contribution is -2.32. The molecule has 1 aliphatic heterocycles. The van der Waals surface area contributed by atoms with E-state index in [1.165, 1.54) is 31.4 Å². The second kappa shape index (κ2) is 5.78. The van der Waals surface area contributed by atoms with Gasteiger partial charge in [0.05, 0.1) is 0 Å². The zero-order valence-corrected chi connectivity index (χ0v) is 10.2. The average molecular weight is 202 g/mol. The minimum atomic E-state index is -0.563. The summed E-state index contributed by atoms with van der Waals surface area (Å²) in [6.07, 6.45) is 4.39. The van der Waals surface area contributed by atoms with Gasteiger partial charge in [-0.05, 0) is 5.54 Å². The van der Waals surface area contributed by atoms with Crippen LogP contribution in [-0.4, -0.2) is 29.3 Å². The first kappa shape index (κ1) is 11.2. The Morgan fingerprint density at radius 2 is 1.54 bits per heavy atom. The molecular weight excluding hydrogens is 180 g/mol. The number of ether oxygens (including phenoxy) is 2. The molecule has 2 nitrogen and oxygen atoms in total. The molecular formula is C10H22O2Si. The number of hydrogen-bond donors (Lipinski definition) is 0. The van der Waals surface area contributed by atoms with E-state index >= 15 is 0 Å². The Bertz CT molecular complexity index is 131. The molecule has 0 saturated carbocycles. The molecule has 0 bridgehead atoms. The fourth-order valence-electron chi connectivity index (χ4n) is 2.41. The van der Waals surface area contributed by atoms with Crippen LogP contribution >= 0.6 is 0 Å². The highest BCUT2D eigenvalue weighted by atomic mass is 28.3. The lowest BCUT2D eigenvalue weighted by atomic mass is 10.3. The van der Waals surface area contributed by atoms with E-state index in [1.807, 2.05) is 0 Å². The smallest absolute Gasteiger partial charge is 0.156 e.